The van der Waals surface area contributed by atoms with Crippen LogP contribution in [0.15, 0.2) is 36.5 Å². The summed E-state index contributed by atoms with van der Waals surface area (Å²) in [5.41, 5.74) is 1.15. The number of hydrogen-bond acceptors (Lipinski definition) is 2. The van der Waals surface area contributed by atoms with Gasteiger partial charge in [0.05, 0.1) is 11.1 Å². The molecule has 0 radical (unpaired) electrons. The van der Waals surface area contributed by atoms with Crippen molar-refractivity contribution in [1.29, 1.82) is 0 Å². The summed E-state index contributed by atoms with van der Waals surface area (Å²) in [5, 5.41) is 11.7. The average Bonchev–Trinajstić information content (AvgIpc) is 2.37. The van der Waals surface area contributed by atoms with Crippen molar-refractivity contribution in [3.8, 4) is 0 Å². The van der Waals surface area contributed by atoms with Crippen molar-refractivity contribution in [1.82, 2.24) is 4.98 Å². The molecule has 2 unspecified atom stereocenters. The molecule has 2 aromatic rings. The Hall–Kier alpha value is -1.41. The van der Waals surface area contributed by atoms with Gasteiger partial charge in [-0.15, -0.1) is 0 Å². The Balaban J connectivity index is 2.49. The second-order valence-corrected chi connectivity index (χ2v) is 4.87. The van der Waals surface area contributed by atoms with Crippen LogP contribution in [0.2, 0.25) is 0 Å². The Morgan fingerprint density at radius 2 is 2.12 bits per heavy atom. The quantitative estimate of drug-likeness (QED) is 0.874. The molecule has 0 spiro atoms. The monoisotopic (exact) mass is 229 g/mol. The first-order valence-corrected chi connectivity index (χ1v) is 6.13. The number of nitrogens with zero attached hydrogens (tertiary/aromatic N) is 1. The smallest absolute Gasteiger partial charge is 0.0894 e. The Kier molecular flexibility index (Phi) is 3.16. The molecule has 0 fully saturated rings. The van der Waals surface area contributed by atoms with E-state index in [-0.39, 0.29) is 5.92 Å². The summed E-state index contributed by atoms with van der Waals surface area (Å²) in [7, 11) is 0. The topological polar surface area (TPSA) is 33.1 Å². The predicted molar refractivity (Wildman–Crippen MR) is 70.8 cm³/mol. The third-order valence-electron chi connectivity index (χ3n) is 3.76. The van der Waals surface area contributed by atoms with Gasteiger partial charge in [0.2, 0.25) is 0 Å². The molecular weight excluding hydrogens is 210 g/mol. The van der Waals surface area contributed by atoms with Crippen molar-refractivity contribution in [3.63, 3.8) is 0 Å². The summed E-state index contributed by atoms with van der Waals surface area (Å²) in [6.45, 7) is 6.06. The zero-order valence-corrected chi connectivity index (χ0v) is 10.6. The molecule has 1 aromatic heterocycles. The van der Waals surface area contributed by atoms with Gasteiger partial charge in [-0.1, -0.05) is 32.4 Å². The van der Waals surface area contributed by atoms with E-state index in [0.717, 1.165) is 22.9 Å². The lowest BCUT2D eigenvalue weighted by atomic mass is 9.82. The molecule has 90 valence electrons. The van der Waals surface area contributed by atoms with Crippen LogP contribution < -0.4 is 0 Å². The van der Waals surface area contributed by atoms with E-state index in [1.165, 1.54) is 0 Å². The van der Waals surface area contributed by atoms with Crippen LogP contribution in [-0.4, -0.2) is 10.1 Å². The molecule has 0 aliphatic rings. The zero-order valence-electron chi connectivity index (χ0n) is 10.6. The van der Waals surface area contributed by atoms with Gasteiger partial charge in [-0.25, -0.2) is 0 Å². The van der Waals surface area contributed by atoms with E-state index >= 15 is 0 Å². The average molecular weight is 229 g/mol. The van der Waals surface area contributed by atoms with Crippen molar-refractivity contribution in [2.45, 2.75) is 32.8 Å². The third-order valence-corrected chi connectivity index (χ3v) is 3.76. The summed E-state index contributed by atoms with van der Waals surface area (Å²) in [5.74, 6) is 0.233. The molecule has 1 heterocycles. The molecule has 2 nitrogen and oxygen atoms in total. The van der Waals surface area contributed by atoms with Crippen LogP contribution in [0.3, 0.4) is 0 Å². The van der Waals surface area contributed by atoms with Crippen molar-refractivity contribution < 1.29 is 5.11 Å². The fourth-order valence-corrected chi connectivity index (χ4v) is 2.07. The lowest BCUT2D eigenvalue weighted by molar-refractivity contribution is 0.000138. The fourth-order valence-electron chi connectivity index (χ4n) is 2.07. The first kappa shape index (κ1) is 12.1. The minimum absolute atomic E-state index is 0.233. The maximum atomic E-state index is 10.6. The highest BCUT2D eigenvalue weighted by molar-refractivity contribution is 5.79. The molecule has 0 saturated heterocycles. The van der Waals surface area contributed by atoms with E-state index in [0.29, 0.717) is 0 Å². The highest BCUT2D eigenvalue weighted by Crippen LogP contribution is 2.32. The van der Waals surface area contributed by atoms with Gasteiger partial charge in [-0.05, 0) is 36.6 Å². The molecule has 0 amide bonds. The molecular formula is C15H19NO. The number of pyridine rings is 1. The van der Waals surface area contributed by atoms with Gasteiger partial charge >= 0.3 is 0 Å². The first-order chi connectivity index (χ1) is 8.05. The number of rotatable bonds is 3. The Labute approximate surface area is 102 Å². The number of benzene rings is 1. The van der Waals surface area contributed by atoms with E-state index in [1.54, 1.807) is 6.20 Å². The molecule has 2 atom stereocenters. The summed E-state index contributed by atoms with van der Waals surface area (Å²) < 4.78 is 0. The maximum Gasteiger partial charge on any atom is 0.0894 e. The summed E-state index contributed by atoms with van der Waals surface area (Å²) in [6, 6.07) is 9.93. The number of aromatic nitrogens is 1. The van der Waals surface area contributed by atoms with Crippen molar-refractivity contribution in [3.05, 3.63) is 42.1 Å². The number of aliphatic hydroxyl groups is 1. The normalized spacial score (nSPS) is 16.7. The van der Waals surface area contributed by atoms with Crippen LogP contribution in [0, 0.1) is 5.92 Å². The zero-order chi connectivity index (χ0) is 12.5. The number of hydrogen-bond donors (Lipinski definition) is 1. The van der Waals surface area contributed by atoms with E-state index in [4.69, 9.17) is 0 Å². The van der Waals surface area contributed by atoms with Gasteiger partial charge in [-0.2, -0.15) is 0 Å². The SMILES string of the molecule is CCC(C)C(C)(O)c1ccc2ncccc2c1. The standard InChI is InChI=1S/C15H19NO/c1-4-11(2)15(3,17)13-7-8-14-12(10-13)6-5-9-16-14/h5-11,17H,4H2,1-3H3. The van der Waals surface area contributed by atoms with E-state index < -0.39 is 5.60 Å². The van der Waals surface area contributed by atoms with Gasteiger partial charge in [0.15, 0.2) is 0 Å². The van der Waals surface area contributed by atoms with Crippen LogP contribution in [-0.2, 0) is 5.60 Å². The fraction of sp³-hybridized carbons (Fsp3) is 0.400. The Bertz CT molecular complexity index is 519. The van der Waals surface area contributed by atoms with Gasteiger partial charge in [-0.3, -0.25) is 4.98 Å². The second-order valence-electron chi connectivity index (χ2n) is 4.87. The molecule has 0 saturated carbocycles. The van der Waals surface area contributed by atoms with Crippen LogP contribution >= 0.6 is 0 Å². The van der Waals surface area contributed by atoms with Crippen molar-refractivity contribution in [2.24, 2.45) is 5.92 Å². The Morgan fingerprint density at radius 3 is 2.82 bits per heavy atom. The maximum absolute atomic E-state index is 10.6. The van der Waals surface area contributed by atoms with Crippen LogP contribution in [0.4, 0.5) is 0 Å². The largest absolute Gasteiger partial charge is 0.385 e. The van der Waals surface area contributed by atoms with Gasteiger partial charge < -0.3 is 5.11 Å². The first-order valence-electron chi connectivity index (χ1n) is 6.13. The summed E-state index contributed by atoms with van der Waals surface area (Å²) >= 11 is 0. The van der Waals surface area contributed by atoms with Crippen LogP contribution in [0.5, 0.6) is 0 Å². The van der Waals surface area contributed by atoms with Crippen molar-refractivity contribution >= 4 is 10.9 Å². The lowest BCUT2D eigenvalue weighted by Crippen LogP contribution is -2.29. The minimum Gasteiger partial charge on any atom is -0.385 e. The minimum atomic E-state index is -0.779. The molecule has 17 heavy (non-hydrogen) atoms. The molecule has 2 rings (SSSR count). The highest BCUT2D eigenvalue weighted by atomic mass is 16.3. The Morgan fingerprint density at radius 1 is 1.35 bits per heavy atom. The molecule has 1 aromatic carbocycles. The van der Waals surface area contributed by atoms with Crippen molar-refractivity contribution in [2.75, 3.05) is 0 Å². The van der Waals surface area contributed by atoms with Crippen LogP contribution in [0.1, 0.15) is 32.8 Å². The number of fused-ring (bicyclic) bond motifs is 1. The van der Waals surface area contributed by atoms with E-state index in [2.05, 4.69) is 18.8 Å². The summed E-state index contributed by atoms with van der Waals surface area (Å²) in [4.78, 5) is 4.29. The van der Waals surface area contributed by atoms with E-state index in [9.17, 15) is 5.11 Å². The molecule has 0 bridgehead atoms. The molecule has 2 heteroatoms. The predicted octanol–water partition coefficient (Wildman–Crippen LogP) is 3.49. The second kappa shape index (κ2) is 4.46. The molecule has 1 N–H and O–H groups in total. The molecule has 0 aliphatic heterocycles. The van der Waals surface area contributed by atoms with Gasteiger partial charge in [0.25, 0.3) is 0 Å². The lowest BCUT2D eigenvalue weighted by Gasteiger charge is -2.30. The van der Waals surface area contributed by atoms with Gasteiger partial charge in [0.1, 0.15) is 0 Å². The molecule has 0 aliphatic carbocycles. The highest BCUT2D eigenvalue weighted by Gasteiger charge is 2.29. The van der Waals surface area contributed by atoms with Gasteiger partial charge in [0, 0.05) is 11.6 Å². The van der Waals surface area contributed by atoms with Crippen LogP contribution in [0.25, 0.3) is 10.9 Å². The van der Waals surface area contributed by atoms with E-state index in [1.807, 2.05) is 37.3 Å². The summed E-state index contributed by atoms with van der Waals surface area (Å²) in [6.07, 6.45) is 2.74. The third kappa shape index (κ3) is 2.18.